The number of allylic oxidation sites excluding steroid dienone is 2. The van der Waals surface area contributed by atoms with Gasteiger partial charge in [0.25, 0.3) is 0 Å². The molecule has 0 atom stereocenters. The zero-order valence-corrected chi connectivity index (χ0v) is 8.46. The third-order valence-corrected chi connectivity index (χ3v) is 1.37. The molecule has 0 spiro atoms. The van der Waals surface area contributed by atoms with Crippen molar-refractivity contribution >= 4 is 0 Å². The van der Waals surface area contributed by atoms with Gasteiger partial charge in [0.2, 0.25) is 0 Å². The van der Waals surface area contributed by atoms with Gasteiger partial charge in [0.05, 0.1) is 12.2 Å². The fraction of sp³-hybridized carbons (Fsp3) is 0.600. The van der Waals surface area contributed by atoms with Gasteiger partial charge in [-0.2, -0.15) is 10.2 Å². The maximum absolute atomic E-state index is 3.92. The first kappa shape index (κ1) is 11.1. The van der Waals surface area contributed by atoms with Crippen molar-refractivity contribution in [1.82, 2.24) is 0 Å². The van der Waals surface area contributed by atoms with E-state index < -0.39 is 0 Å². The van der Waals surface area contributed by atoms with Crippen LogP contribution in [0.1, 0.15) is 34.1 Å². The minimum Gasteiger partial charge on any atom is -0.184 e. The smallest absolute Gasteiger partial charge is 0.0871 e. The Hall–Kier alpha value is -0.920. The Balaban J connectivity index is 0.000000354. The second-order valence-corrected chi connectivity index (χ2v) is 2.59. The van der Waals surface area contributed by atoms with E-state index in [2.05, 4.69) is 30.2 Å². The summed E-state index contributed by atoms with van der Waals surface area (Å²) in [5.41, 5.74) is 2.26. The molecule has 1 aliphatic heterocycles. The Morgan fingerprint density at radius 1 is 1.25 bits per heavy atom. The quantitative estimate of drug-likeness (QED) is 0.524. The molecule has 0 aromatic heterocycles. The molecule has 0 saturated heterocycles. The molecule has 0 radical (unpaired) electrons. The van der Waals surface area contributed by atoms with Gasteiger partial charge in [-0.3, -0.25) is 0 Å². The van der Waals surface area contributed by atoms with Gasteiger partial charge < -0.3 is 0 Å². The normalized spacial score (nSPS) is 21.3. The van der Waals surface area contributed by atoms with Crippen LogP contribution in [0.25, 0.3) is 0 Å². The Kier molecular flexibility index (Phi) is 6.25. The van der Waals surface area contributed by atoms with Crippen LogP contribution in [0.3, 0.4) is 0 Å². The summed E-state index contributed by atoms with van der Waals surface area (Å²) in [6.07, 6.45) is 5.28. The predicted molar refractivity (Wildman–Crippen MR) is 53.2 cm³/mol. The molecule has 2 heteroatoms. The van der Waals surface area contributed by atoms with Crippen LogP contribution < -0.4 is 0 Å². The first-order valence-corrected chi connectivity index (χ1v) is 4.49. The molecule has 0 aromatic carbocycles. The highest BCUT2D eigenvalue weighted by Gasteiger charge is 2.06. The van der Waals surface area contributed by atoms with Crippen LogP contribution in [-0.4, -0.2) is 6.54 Å². The van der Waals surface area contributed by atoms with Crippen molar-refractivity contribution in [1.29, 1.82) is 0 Å². The molecule has 0 N–H and O–H groups in total. The summed E-state index contributed by atoms with van der Waals surface area (Å²) in [5, 5.41) is 7.80. The van der Waals surface area contributed by atoms with Crippen LogP contribution in [0.15, 0.2) is 33.7 Å². The van der Waals surface area contributed by atoms with Gasteiger partial charge in [-0.1, -0.05) is 32.4 Å². The molecule has 0 saturated carbocycles. The van der Waals surface area contributed by atoms with Gasteiger partial charge >= 0.3 is 0 Å². The average Bonchev–Trinajstić information content (AvgIpc) is 2.52. The van der Waals surface area contributed by atoms with Crippen molar-refractivity contribution in [2.75, 3.05) is 6.54 Å². The molecular weight excluding hydrogens is 148 g/mol. The average molecular weight is 166 g/mol. The van der Waals surface area contributed by atoms with Gasteiger partial charge in [0, 0.05) is 0 Å². The Morgan fingerprint density at radius 2 is 1.83 bits per heavy atom. The van der Waals surface area contributed by atoms with E-state index in [1.165, 1.54) is 12.0 Å². The van der Waals surface area contributed by atoms with Gasteiger partial charge in [-0.15, -0.1) is 0 Å². The van der Waals surface area contributed by atoms with Crippen LogP contribution >= 0.6 is 0 Å². The summed E-state index contributed by atoms with van der Waals surface area (Å²) < 4.78 is 0. The first-order chi connectivity index (χ1) is 5.79. The van der Waals surface area contributed by atoms with E-state index in [0.29, 0.717) is 0 Å². The molecule has 2 nitrogen and oxygen atoms in total. The highest BCUT2D eigenvalue weighted by molar-refractivity contribution is 5.32. The standard InChI is InChI=1S/C7H10N2.C3H8/c1-3-6-5-8-9-7(6)4-2;1-3-2/h3-4H,5H2,1-2H3;3H2,1-2H3/b6-3-,7-4+;. The fourth-order valence-electron chi connectivity index (χ4n) is 0.815. The van der Waals surface area contributed by atoms with Crippen molar-refractivity contribution < 1.29 is 0 Å². The Morgan fingerprint density at radius 3 is 2.17 bits per heavy atom. The Labute approximate surface area is 75.1 Å². The van der Waals surface area contributed by atoms with E-state index in [1.54, 1.807) is 0 Å². The zero-order chi connectivity index (χ0) is 9.40. The van der Waals surface area contributed by atoms with Crippen molar-refractivity contribution in [3.63, 3.8) is 0 Å². The highest BCUT2D eigenvalue weighted by Crippen LogP contribution is 2.18. The van der Waals surface area contributed by atoms with E-state index in [-0.39, 0.29) is 0 Å². The van der Waals surface area contributed by atoms with E-state index in [1.807, 2.05) is 19.9 Å². The summed E-state index contributed by atoms with van der Waals surface area (Å²) in [5.74, 6) is 0. The van der Waals surface area contributed by atoms with E-state index in [9.17, 15) is 0 Å². The summed E-state index contributed by atoms with van der Waals surface area (Å²) >= 11 is 0. The van der Waals surface area contributed by atoms with Crippen molar-refractivity contribution in [2.45, 2.75) is 34.1 Å². The first-order valence-electron chi connectivity index (χ1n) is 4.49. The number of nitrogens with zero attached hydrogens (tertiary/aromatic N) is 2. The summed E-state index contributed by atoms with van der Waals surface area (Å²) in [6.45, 7) is 8.99. The minimum absolute atomic E-state index is 0.760. The molecule has 0 fully saturated rings. The van der Waals surface area contributed by atoms with Crippen molar-refractivity contribution in [3.8, 4) is 0 Å². The monoisotopic (exact) mass is 166 g/mol. The third-order valence-electron chi connectivity index (χ3n) is 1.37. The third kappa shape index (κ3) is 3.46. The lowest BCUT2D eigenvalue weighted by Crippen LogP contribution is -1.80. The summed E-state index contributed by atoms with van der Waals surface area (Å²) in [6, 6.07) is 0. The van der Waals surface area contributed by atoms with Crippen molar-refractivity contribution in [2.24, 2.45) is 10.2 Å². The largest absolute Gasteiger partial charge is 0.184 e. The molecule has 1 heterocycles. The second-order valence-electron chi connectivity index (χ2n) is 2.59. The molecule has 68 valence electrons. The van der Waals surface area contributed by atoms with Crippen LogP contribution in [0.5, 0.6) is 0 Å². The van der Waals surface area contributed by atoms with Crippen LogP contribution in [0, 0.1) is 0 Å². The van der Waals surface area contributed by atoms with Crippen LogP contribution in [0.2, 0.25) is 0 Å². The number of hydrogen-bond acceptors (Lipinski definition) is 2. The Bertz CT molecular complexity index is 200. The van der Waals surface area contributed by atoms with Gasteiger partial charge in [0.1, 0.15) is 0 Å². The SMILES string of the molecule is C/C=C1/CN=N/C1=C/C.CCC. The molecule has 0 amide bonds. The maximum Gasteiger partial charge on any atom is 0.0871 e. The highest BCUT2D eigenvalue weighted by atomic mass is 15.1. The number of azo groups is 1. The van der Waals surface area contributed by atoms with Crippen LogP contribution in [0.4, 0.5) is 0 Å². The molecule has 0 unspecified atom stereocenters. The van der Waals surface area contributed by atoms with Crippen molar-refractivity contribution in [3.05, 3.63) is 23.4 Å². The lowest BCUT2D eigenvalue weighted by atomic mass is 10.2. The predicted octanol–water partition coefficient (Wildman–Crippen LogP) is 3.72. The van der Waals surface area contributed by atoms with Gasteiger partial charge in [-0.05, 0) is 19.4 Å². The molecular formula is C10H18N2. The second kappa shape index (κ2) is 6.77. The molecule has 0 bridgehead atoms. The summed E-state index contributed by atoms with van der Waals surface area (Å²) in [7, 11) is 0. The van der Waals surface area contributed by atoms with E-state index in [4.69, 9.17) is 0 Å². The lowest BCUT2D eigenvalue weighted by Gasteiger charge is -1.89. The van der Waals surface area contributed by atoms with E-state index >= 15 is 0 Å². The molecule has 0 aromatic rings. The molecule has 0 aliphatic carbocycles. The summed E-state index contributed by atoms with van der Waals surface area (Å²) in [4.78, 5) is 0. The lowest BCUT2D eigenvalue weighted by molar-refractivity contribution is 1.09. The number of hydrogen-bond donors (Lipinski definition) is 0. The van der Waals surface area contributed by atoms with Crippen LogP contribution in [-0.2, 0) is 0 Å². The molecule has 12 heavy (non-hydrogen) atoms. The topological polar surface area (TPSA) is 24.7 Å². The van der Waals surface area contributed by atoms with Gasteiger partial charge in [0.15, 0.2) is 0 Å². The number of rotatable bonds is 0. The molecule has 1 aliphatic rings. The maximum atomic E-state index is 3.92. The van der Waals surface area contributed by atoms with E-state index in [0.717, 1.165) is 12.2 Å². The van der Waals surface area contributed by atoms with Gasteiger partial charge in [-0.25, -0.2) is 0 Å². The fourth-order valence-corrected chi connectivity index (χ4v) is 0.815. The minimum atomic E-state index is 0.760. The molecule has 1 rings (SSSR count). The zero-order valence-electron chi connectivity index (χ0n) is 8.46.